The standard InChI is InChI=1S/C10H6ClF2N3S/c11-5-3-15-10(16-4-5)17-9-7(12)1-6(14)2-8(9)13/h1-4H,14H2. The topological polar surface area (TPSA) is 51.8 Å². The van der Waals surface area contributed by atoms with Gasteiger partial charge in [-0.15, -0.1) is 0 Å². The maximum atomic E-state index is 13.5. The van der Waals surface area contributed by atoms with Gasteiger partial charge in [0.05, 0.1) is 22.3 Å². The molecule has 3 nitrogen and oxygen atoms in total. The smallest absolute Gasteiger partial charge is 0.192 e. The maximum absolute atomic E-state index is 13.5. The molecule has 0 fully saturated rings. The van der Waals surface area contributed by atoms with Gasteiger partial charge in [0.1, 0.15) is 11.6 Å². The van der Waals surface area contributed by atoms with Crippen molar-refractivity contribution in [2.75, 3.05) is 5.73 Å². The summed E-state index contributed by atoms with van der Waals surface area (Å²) in [4.78, 5) is 7.47. The van der Waals surface area contributed by atoms with Crippen LogP contribution in [-0.4, -0.2) is 9.97 Å². The van der Waals surface area contributed by atoms with E-state index in [1.165, 1.54) is 12.4 Å². The van der Waals surface area contributed by atoms with Crippen LogP contribution in [0.2, 0.25) is 5.02 Å². The van der Waals surface area contributed by atoms with Crippen molar-refractivity contribution in [1.29, 1.82) is 0 Å². The minimum Gasteiger partial charge on any atom is -0.399 e. The van der Waals surface area contributed by atoms with Crippen molar-refractivity contribution in [3.63, 3.8) is 0 Å². The molecule has 0 saturated carbocycles. The lowest BCUT2D eigenvalue weighted by molar-refractivity contribution is 0.541. The fraction of sp³-hybridized carbons (Fsp3) is 0. The molecule has 1 heterocycles. The van der Waals surface area contributed by atoms with Gasteiger partial charge in [-0.25, -0.2) is 18.7 Å². The molecular formula is C10H6ClF2N3S. The van der Waals surface area contributed by atoms with Gasteiger partial charge >= 0.3 is 0 Å². The predicted octanol–water partition coefficient (Wildman–Crippen LogP) is 3.14. The van der Waals surface area contributed by atoms with E-state index < -0.39 is 11.6 Å². The van der Waals surface area contributed by atoms with Gasteiger partial charge in [-0.2, -0.15) is 0 Å². The van der Waals surface area contributed by atoms with Crippen LogP contribution in [0.5, 0.6) is 0 Å². The van der Waals surface area contributed by atoms with Gasteiger partial charge in [-0.3, -0.25) is 0 Å². The van der Waals surface area contributed by atoms with Crippen LogP contribution in [0.15, 0.2) is 34.6 Å². The van der Waals surface area contributed by atoms with Crippen molar-refractivity contribution in [3.05, 3.63) is 41.2 Å². The summed E-state index contributed by atoms with van der Waals surface area (Å²) < 4.78 is 26.9. The van der Waals surface area contributed by atoms with Crippen LogP contribution in [0.3, 0.4) is 0 Å². The average Bonchev–Trinajstić information content (AvgIpc) is 2.26. The predicted molar refractivity (Wildman–Crippen MR) is 61.9 cm³/mol. The minimum absolute atomic E-state index is 0.0291. The van der Waals surface area contributed by atoms with E-state index in [1.54, 1.807) is 0 Å². The highest BCUT2D eigenvalue weighted by Gasteiger charge is 2.13. The number of nitrogens with two attached hydrogens (primary N) is 1. The first-order chi connectivity index (χ1) is 8.06. The number of anilines is 1. The van der Waals surface area contributed by atoms with Crippen molar-refractivity contribution in [2.24, 2.45) is 0 Å². The first-order valence-corrected chi connectivity index (χ1v) is 5.65. The summed E-state index contributed by atoms with van der Waals surface area (Å²) >= 11 is 6.37. The van der Waals surface area contributed by atoms with Crippen LogP contribution in [0.1, 0.15) is 0 Å². The second kappa shape index (κ2) is 4.85. The third kappa shape index (κ3) is 2.83. The lowest BCUT2D eigenvalue weighted by atomic mass is 10.3. The second-order valence-corrected chi connectivity index (χ2v) is 4.51. The molecule has 0 atom stereocenters. The van der Waals surface area contributed by atoms with Gasteiger partial charge in [0, 0.05) is 5.69 Å². The van der Waals surface area contributed by atoms with Crippen molar-refractivity contribution >= 4 is 29.1 Å². The molecule has 2 aromatic rings. The van der Waals surface area contributed by atoms with E-state index in [9.17, 15) is 8.78 Å². The molecule has 0 spiro atoms. The molecule has 7 heteroatoms. The summed E-state index contributed by atoms with van der Waals surface area (Å²) in [6, 6.07) is 2.09. The highest BCUT2D eigenvalue weighted by molar-refractivity contribution is 7.99. The molecule has 0 bridgehead atoms. The van der Waals surface area contributed by atoms with Crippen molar-refractivity contribution < 1.29 is 8.78 Å². The van der Waals surface area contributed by atoms with Crippen molar-refractivity contribution in [1.82, 2.24) is 9.97 Å². The molecule has 1 aromatic carbocycles. The second-order valence-electron chi connectivity index (χ2n) is 3.10. The SMILES string of the molecule is Nc1cc(F)c(Sc2ncc(Cl)cn2)c(F)c1. The van der Waals surface area contributed by atoms with Crippen LogP contribution in [0.25, 0.3) is 0 Å². The third-order valence-corrected chi connectivity index (χ3v) is 2.99. The summed E-state index contributed by atoms with van der Waals surface area (Å²) in [6.45, 7) is 0. The monoisotopic (exact) mass is 273 g/mol. The Morgan fingerprint density at radius 1 is 1.12 bits per heavy atom. The van der Waals surface area contributed by atoms with Gasteiger partial charge in [0.15, 0.2) is 5.16 Å². The molecule has 88 valence electrons. The fourth-order valence-corrected chi connectivity index (χ4v) is 1.93. The van der Waals surface area contributed by atoms with Gasteiger partial charge in [-0.1, -0.05) is 11.6 Å². The van der Waals surface area contributed by atoms with E-state index in [0.29, 0.717) is 5.02 Å². The van der Waals surface area contributed by atoms with Crippen LogP contribution < -0.4 is 5.73 Å². The molecule has 17 heavy (non-hydrogen) atoms. The largest absolute Gasteiger partial charge is 0.399 e. The lowest BCUT2D eigenvalue weighted by Crippen LogP contribution is -1.94. The summed E-state index contributed by atoms with van der Waals surface area (Å²) in [7, 11) is 0. The van der Waals surface area contributed by atoms with E-state index in [1.807, 2.05) is 0 Å². The van der Waals surface area contributed by atoms with Crippen LogP contribution in [0.4, 0.5) is 14.5 Å². The zero-order valence-corrected chi connectivity index (χ0v) is 9.90. The fourth-order valence-electron chi connectivity index (χ4n) is 1.12. The van der Waals surface area contributed by atoms with E-state index in [4.69, 9.17) is 17.3 Å². The van der Waals surface area contributed by atoms with Gasteiger partial charge < -0.3 is 5.73 Å². The molecule has 0 aliphatic carbocycles. The van der Waals surface area contributed by atoms with Gasteiger partial charge in [0.2, 0.25) is 0 Å². The van der Waals surface area contributed by atoms with Crippen LogP contribution >= 0.6 is 23.4 Å². The number of nitrogens with zero attached hydrogens (tertiary/aromatic N) is 2. The van der Waals surface area contributed by atoms with E-state index in [2.05, 4.69) is 9.97 Å². The number of benzene rings is 1. The van der Waals surface area contributed by atoms with Gasteiger partial charge in [0.25, 0.3) is 0 Å². The maximum Gasteiger partial charge on any atom is 0.192 e. The summed E-state index contributed by atoms with van der Waals surface area (Å²) in [5, 5.41) is 0.560. The molecule has 0 aliphatic heterocycles. The minimum atomic E-state index is -0.744. The Labute approximate surface area is 105 Å². The van der Waals surface area contributed by atoms with Crippen LogP contribution in [-0.2, 0) is 0 Å². The molecule has 1 aromatic heterocycles. The molecule has 2 rings (SSSR count). The number of hydrogen-bond donors (Lipinski definition) is 1. The Morgan fingerprint density at radius 2 is 1.65 bits per heavy atom. The number of halogens is 3. The highest BCUT2D eigenvalue weighted by Crippen LogP contribution is 2.31. The lowest BCUT2D eigenvalue weighted by Gasteiger charge is -2.04. The van der Waals surface area contributed by atoms with E-state index in [-0.39, 0.29) is 15.7 Å². The zero-order chi connectivity index (χ0) is 12.4. The average molecular weight is 274 g/mol. The van der Waals surface area contributed by atoms with Crippen LogP contribution in [0, 0.1) is 11.6 Å². The van der Waals surface area contributed by atoms with Gasteiger partial charge in [-0.05, 0) is 23.9 Å². The Hall–Kier alpha value is -1.40. The normalized spacial score (nSPS) is 10.5. The number of hydrogen-bond acceptors (Lipinski definition) is 4. The molecule has 0 unspecified atom stereocenters. The number of rotatable bonds is 2. The third-order valence-electron chi connectivity index (χ3n) is 1.81. The number of aromatic nitrogens is 2. The summed E-state index contributed by atoms with van der Waals surface area (Å²) in [6.07, 6.45) is 2.70. The molecule has 0 radical (unpaired) electrons. The molecule has 0 amide bonds. The molecule has 0 aliphatic rings. The highest BCUT2D eigenvalue weighted by atomic mass is 35.5. The van der Waals surface area contributed by atoms with Crippen molar-refractivity contribution in [2.45, 2.75) is 10.1 Å². The molecule has 2 N–H and O–H groups in total. The Kier molecular flexibility index (Phi) is 3.44. The first kappa shape index (κ1) is 12.1. The first-order valence-electron chi connectivity index (χ1n) is 4.46. The Balaban J connectivity index is 2.33. The summed E-state index contributed by atoms with van der Waals surface area (Å²) in [5.41, 5.74) is 5.33. The Bertz CT molecular complexity index is 525. The Morgan fingerprint density at radius 3 is 2.18 bits per heavy atom. The number of nitrogen functional groups attached to an aromatic ring is 1. The summed E-state index contributed by atoms with van der Waals surface area (Å²) in [5.74, 6) is -1.49. The molecule has 0 saturated heterocycles. The zero-order valence-electron chi connectivity index (χ0n) is 8.32. The van der Waals surface area contributed by atoms with E-state index >= 15 is 0 Å². The van der Waals surface area contributed by atoms with Crippen molar-refractivity contribution in [3.8, 4) is 0 Å². The molecular weight excluding hydrogens is 268 g/mol. The van der Waals surface area contributed by atoms with E-state index in [0.717, 1.165) is 23.9 Å². The quantitative estimate of drug-likeness (QED) is 0.675.